The van der Waals surface area contributed by atoms with Crippen LogP contribution >= 0.6 is 0 Å². The first kappa shape index (κ1) is 13.2. The van der Waals surface area contributed by atoms with Crippen LogP contribution in [0.15, 0.2) is 0 Å². The standard InChI is InChI=1S/C11H24O3Si/c1-10(2,3)15(4,5)14-11(13-12)8-6-7-9-11/h12H,6-9H2,1-5H3. The molecule has 1 saturated carbocycles. The second-order valence-electron chi connectivity index (χ2n) is 6.07. The summed E-state index contributed by atoms with van der Waals surface area (Å²) in [5, 5.41) is 9.20. The Kier molecular flexibility index (Phi) is 3.65. The van der Waals surface area contributed by atoms with E-state index in [0.29, 0.717) is 0 Å². The van der Waals surface area contributed by atoms with Crippen molar-refractivity contribution in [3.63, 3.8) is 0 Å². The van der Waals surface area contributed by atoms with Gasteiger partial charge in [-0.3, -0.25) is 0 Å². The third kappa shape index (κ3) is 2.81. The Hall–Kier alpha value is 0.0969. The van der Waals surface area contributed by atoms with Crippen LogP contribution in [0.5, 0.6) is 0 Å². The van der Waals surface area contributed by atoms with Crippen LogP contribution in [0, 0.1) is 0 Å². The van der Waals surface area contributed by atoms with Gasteiger partial charge in [0.1, 0.15) is 0 Å². The Morgan fingerprint density at radius 1 is 1.13 bits per heavy atom. The predicted octanol–water partition coefficient (Wildman–Crippen LogP) is 3.77. The molecule has 3 nitrogen and oxygen atoms in total. The molecule has 0 aromatic rings. The largest absolute Gasteiger partial charge is 0.388 e. The highest BCUT2D eigenvalue weighted by Crippen LogP contribution is 2.43. The van der Waals surface area contributed by atoms with E-state index in [4.69, 9.17) is 9.68 Å². The zero-order valence-corrected chi connectivity index (χ0v) is 11.6. The fourth-order valence-electron chi connectivity index (χ4n) is 1.74. The smallest absolute Gasteiger partial charge is 0.195 e. The molecule has 0 spiro atoms. The lowest BCUT2D eigenvalue weighted by atomic mass is 10.2. The van der Waals surface area contributed by atoms with Gasteiger partial charge in [-0.25, -0.2) is 10.1 Å². The molecule has 4 heteroatoms. The van der Waals surface area contributed by atoms with Gasteiger partial charge in [0.25, 0.3) is 0 Å². The molecule has 0 amide bonds. The average molecular weight is 232 g/mol. The lowest BCUT2D eigenvalue weighted by Crippen LogP contribution is -2.49. The van der Waals surface area contributed by atoms with Crippen LogP contribution in [0.4, 0.5) is 0 Å². The maximum Gasteiger partial charge on any atom is 0.195 e. The van der Waals surface area contributed by atoms with E-state index in [9.17, 15) is 0 Å². The Morgan fingerprint density at radius 2 is 1.60 bits per heavy atom. The highest BCUT2D eigenvalue weighted by molar-refractivity contribution is 6.74. The zero-order valence-electron chi connectivity index (χ0n) is 10.6. The number of rotatable bonds is 3. The van der Waals surface area contributed by atoms with Gasteiger partial charge in [-0.2, -0.15) is 0 Å². The SMILES string of the molecule is CC(C)(C)[Si](C)(C)OC1(OO)CCCC1. The topological polar surface area (TPSA) is 38.7 Å². The van der Waals surface area contributed by atoms with Crippen molar-refractivity contribution in [1.82, 2.24) is 0 Å². The van der Waals surface area contributed by atoms with Crippen LogP contribution in [-0.4, -0.2) is 19.4 Å². The Labute approximate surface area is 93.8 Å². The molecule has 1 rings (SSSR count). The average Bonchev–Trinajstić information content (AvgIpc) is 2.51. The molecule has 0 saturated heterocycles. The second-order valence-corrected chi connectivity index (χ2v) is 10.8. The molecule has 15 heavy (non-hydrogen) atoms. The van der Waals surface area contributed by atoms with Gasteiger partial charge in [-0.15, -0.1) is 0 Å². The van der Waals surface area contributed by atoms with E-state index in [2.05, 4.69) is 38.8 Å². The van der Waals surface area contributed by atoms with Gasteiger partial charge in [-0.1, -0.05) is 20.8 Å². The first-order chi connectivity index (χ1) is 6.72. The first-order valence-corrected chi connectivity index (χ1v) is 8.66. The van der Waals surface area contributed by atoms with Gasteiger partial charge in [-0.05, 0) is 31.0 Å². The van der Waals surface area contributed by atoms with Gasteiger partial charge in [0.2, 0.25) is 0 Å². The molecule has 1 N–H and O–H groups in total. The molecule has 1 aliphatic rings. The molecule has 0 aromatic carbocycles. The normalized spacial score (nSPS) is 22.0. The fourth-order valence-corrected chi connectivity index (χ4v) is 3.22. The summed E-state index contributed by atoms with van der Waals surface area (Å²) >= 11 is 0. The van der Waals surface area contributed by atoms with Crippen LogP contribution in [-0.2, 0) is 9.31 Å². The molecule has 0 atom stereocenters. The molecule has 0 aliphatic heterocycles. The van der Waals surface area contributed by atoms with Crippen molar-refractivity contribution in [2.75, 3.05) is 0 Å². The summed E-state index contributed by atoms with van der Waals surface area (Å²) in [5.74, 6) is -0.705. The van der Waals surface area contributed by atoms with Crippen LogP contribution in [0.25, 0.3) is 0 Å². The minimum absolute atomic E-state index is 0.154. The summed E-state index contributed by atoms with van der Waals surface area (Å²) in [7, 11) is -1.85. The summed E-state index contributed by atoms with van der Waals surface area (Å²) in [6, 6.07) is 0. The third-order valence-electron chi connectivity index (χ3n) is 3.78. The van der Waals surface area contributed by atoms with Gasteiger partial charge in [0.15, 0.2) is 14.1 Å². The van der Waals surface area contributed by atoms with Gasteiger partial charge < -0.3 is 4.43 Å². The fraction of sp³-hybridized carbons (Fsp3) is 1.00. The van der Waals surface area contributed by atoms with Crippen molar-refractivity contribution in [2.24, 2.45) is 0 Å². The highest BCUT2D eigenvalue weighted by atomic mass is 28.4. The monoisotopic (exact) mass is 232 g/mol. The summed E-state index contributed by atoms with van der Waals surface area (Å²) in [4.78, 5) is 4.64. The summed E-state index contributed by atoms with van der Waals surface area (Å²) < 4.78 is 6.17. The maximum atomic E-state index is 9.04. The molecule has 0 bridgehead atoms. The number of hydrogen-bond donors (Lipinski definition) is 1. The summed E-state index contributed by atoms with van der Waals surface area (Å²) in [5.41, 5.74) is 0. The van der Waals surface area contributed by atoms with Crippen LogP contribution in [0.2, 0.25) is 18.1 Å². The van der Waals surface area contributed by atoms with Crippen molar-refractivity contribution >= 4 is 8.32 Å². The number of hydrogen-bond acceptors (Lipinski definition) is 3. The summed E-state index contributed by atoms with van der Waals surface area (Å²) in [6.07, 6.45) is 3.79. The Bertz CT molecular complexity index is 214. The molecule has 90 valence electrons. The molecule has 0 unspecified atom stereocenters. The molecule has 0 heterocycles. The van der Waals surface area contributed by atoms with E-state index in [-0.39, 0.29) is 5.04 Å². The van der Waals surface area contributed by atoms with Crippen molar-refractivity contribution in [3.8, 4) is 0 Å². The van der Waals surface area contributed by atoms with Crippen molar-refractivity contribution in [1.29, 1.82) is 0 Å². The van der Waals surface area contributed by atoms with E-state index < -0.39 is 14.1 Å². The zero-order chi connectivity index (χ0) is 11.7. The summed E-state index contributed by atoms with van der Waals surface area (Å²) in [6.45, 7) is 11.0. The van der Waals surface area contributed by atoms with E-state index in [0.717, 1.165) is 25.7 Å². The molecular formula is C11H24O3Si. The van der Waals surface area contributed by atoms with Crippen molar-refractivity contribution in [3.05, 3.63) is 0 Å². The second kappa shape index (κ2) is 4.16. The van der Waals surface area contributed by atoms with E-state index >= 15 is 0 Å². The van der Waals surface area contributed by atoms with Gasteiger partial charge >= 0.3 is 0 Å². The third-order valence-corrected chi connectivity index (χ3v) is 8.27. The van der Waals surface area contributed by atoms with Crippen LogP contribution < -0.4 is 0 Å². The van der Waals surface area contributed by atoms with Gasteiger partial charge in [0.05, 0.1) is 0 Å². The van der Waals surface area contributed by atoms with Crippen molar-refractivity contribution < 1.29 is 14.6 Å². The molecule has 1 aliphatic carbocycles. The van der Waals surface area contributed by atoms with E-state index in [1.807, 2.05) is 0 Å². The minimum atomic E-state index is -1.85. The maximum absolute atomic E-state index is 9.04. The Balaban J connectivity index is 2.74. The van der Waals surface area contributed by atoms with Crippen molar-refractivity contribution in [2.45, 2.75) is 70.4 Å². The van der Waals surface area contributed by atoms with Crippen LogP contribution in [0.3, 0.4) is 0 Å². The van der Waals surface area contributed by atoms with E-state index in [1.54, 1.807) is 0 Å². The van der Waals surface area contributed by atoms with E-state index in [1.165, 1.54) is 0 Å². The molecule has 0 radical (unpaired) electrons. The predicted molar refractivity (Wildman–Crippen MR) is 63.2 cm³/mol. The highest BCUT2D eigenvalue weighted by Gasteiger charge is 2.47. The minimum Gasteiger partial charge on any atom is -0.388 e. The lowest BCUT2D eigenvalue weighted by Gasteiger charge is -2.42. The first-order valence-electron chi connectivity index (χ1n) is 5.75. The van der Waals surface area contributed by atoms with Gasteiger partial charge in [0, 0.05) is 12.8 Å². The lowest BCUT2D eigenvalue weighted by molar-refractivity contribution is -0.382. The Morgan fingerprint density at radius 3 is 1.93 bits per heavy atom. The molecule has 1 fully saturated rings. The molecular weight excluding hydrogens is 208 g/mol. The molecule has 0 aromatic heterocycles. The van der Waals surface area contributed by atoms with Crippen LogP contribution in [0.1, 0.15) is 46.5 Å². The quantitative estimate of drug-likeness (QED) is 0.348.